The number of aromatic amines is 1. The van der Waals surface area contributed by atoms with Crippen molar-refractivity contribution in [2.24, 2.45) is 0 Å². The number of alkyl halides is 7. The van der Waals surface area contributed by atoms with Gasteiger partial charge >= 0.3 is 24.1 Å². The monoisotopic (exact) mass is 774 g/mol. The predicted molar refractivity (Wildman–Crippen MR) is 166 cm³/mol. The van der Waals surface area contributed by atoms with Gasteiger partial charge in [0.15, 0.2) is 0 Å². The van der Waals surface area contributed by atoms with E-state index in [2.05, 4.69) is 50.1 Å². The van der Waals surface area contributed by atoms with Crippen molar-refractivity contribution in [3.8, 4) is 22.9 Å². The minimum absolute atomic E-state index is 0. The molecule has 0 saturated heterocycles. The smallest absolute Gasteiger partial charge is 0.413 e. The molecular formula is C31H23BrF8N6O4. The van der Waals surface area contributed by atoms with Crippen LogP contribution in [-0.4, -0.2) is 29.9 Å². The molecule has 0 atom stereocenters. The van der Waals surface area contributed by atoms with Gasteiger partial charge in [0.25, 0.3) is 5.56 Å². The molecule has 6 aromatic rings. The van der Waals surface area contributed by atoms with E-state index in [1.54, 1.807) is 12.1 Å². The summed E-state index contributed by atoms with van der Waals surface area (Å²) in [6.07, 6.45) is -6.81. The summed E-state index contributed by atoms with van der Waals surface area (Å²) in [6.45, 7) is 0.120. The first kappa shape index (κ1) is 39.0. The van der Waals surface area contributed by atoms with E-state index in [-0.39, 0.29) is 36.8 Å². The Morgan fingerprint density at radius 3 is 1.66 bits per heavy atom. The summed E-state index contributed by atoms with van der Waals surface area (Å²) in [6, 6.07) is 17.1. The lowest BCUT2D eigenvalue weighted by Crippen LogP contribution is -2.19. The summed E-state index contributed by atoms with van der Waals surface area (Å²) in [4.78, 5) is 25.3. The maximum atomic E-state index is 13.1. The zero-order chi connectivity index (χ0) is 35.8. The Labute approximate surface area is 284 Å². The third-order valence-corrected chi connectivity index (χ3v) is 6.53. The van der Waals surface area contributed by atoms with Gasteiger partial charge in [0.1, 0.15) is 11.6 Å². The first-order valence-corrected chi connectivity index (χ1v) is 14.5. The molecule has 2 aromatic carbocycles. The van der Waals surface area contributed by atoms with Crippen LogP contribution in [0.25, 0.3) is 22.9 Å². The van der Waals surface area contributed by atoms with Crippen LogP contribution in [0.3, 0.4) is 0 Å². The average molecular weight is 775 g/mol. The molecule has 4 aromatic heterocycles. The number of halogens is 9. The molecule has 264 valence electrons. The van der Waals surface area contributed by atoms with Gasteiger partial charge in [0.05, 0.1) is 6.54 Å². The molecule has 0 amide bonds. The maximum absolute atomic E-state index is 13.1. The topological polar surface area (TPSA) is 133 Å². The highest BCUT2D eigenvalue weighted by molar-refractivity contribution is 9.08. The number of benzene rings is 2. The summed E-state index contributed by atoms with van der Waals surface area (Å²) in [5.74, 6) is -4.28. The summed E-state index contributed by atoms with van der Waals surface area (Å²) in [7, 11) is 0. The lowest BCUT2D eigenvalue weighted by atomic mass is 10.2. The lowest BCUT2D eigenvalue weighted by molar-refractivity contribution is -0.157. The van der Waals surface area contributed by atoms with E-state index in [1.165, 1.54) is 59.4 Å². The van der Waals surface area contributed by atoms with Crippen LogP contribution >= 0.6 is 15.9 Å². The Kier molecular flexibility index (Phi) is 13.1. The van der Waals surface area contributed by atoms with Gasteiger partial charge < -0.3 is 18.4 Å². The Balaban J connectivity index is 0.000000224. The SMILES string of the molecule is C.Fc1cccc(CBr)c1.O=c1cc(-c2nnc(C(F)(F)F)o2)cc[nH]1.O=c1cc(-c2nnc(C(F)(F)F)o2)ccn1Cc1cccc(F)c1. The van der Waals surface area contributed by atoms with Gasteiger partial charge in [0, 0.05) is 41.0 Å². The van der Waals surface area contributed by atoms with Crippen molar-refractivity contribution < 1.29 is 44.0 Å². The minimum Gasteiger partial charge on any atom is -0.413 e. The fourth-order valence-corrected chi connectivity index (χ4v) is 4.06. The third kappa shape index (κ3) is 11.0. The summed E-state index contributed by atoms with van der Waals surface area (Å²) in [5, 5.41) is 12.9. The normalized spacial score (nSPS) is 11.1. The Morgan fingerprint density at radius 2 is 1.22 bits per heavy atom. The molecule has 0 bridgehead atoms. The minimum atomic E-state index is -4.75. The highest BCUT2D eigenvalue weighted by Gasteiger charge is 2.39. The molecule has 19 heteroatoms. The predicted octanol–water partition coefficient (Wildman–Crippen LogP) is 7.90. The van der Waals surface area contributed by atoms with Crippen LogP contribution < -0.4 is 11.1 Å². The molecule has 0 spiro atoms. The fraction of sp³-hybridized carbons (Fsp3) is 0.161. The van der Waals surface area contributed by atoms with Gasteiger partial charge in [-0.25, -0.2) is 8.78 Å². The third-order valence-electron chi connectivity index (χ3n) is 5.89. The second kappa shape index (κ2) is 16.8. The van der Waals surface area contributed by atoms with Crippen molar-refractivity contribution in [2.75, 3.05) is 0 Å². The fourth-order valence-electron chi connectivity index (χ4n) is 3.71. The Hall–Kier alpha value is -5.46. The van der Waals surface area contributed by atoms with Gasteiger partial charge in [-0.1, -0.05) is 47.6 Å². The summed E-state index contributed by atoms with van der Waals surface area (Å²) < 4.78 is 109. The van der Waals surface area contributed by atoms with Crippen molar-refractivity contribution in [2.45, 2.75) is 31.7 Å². The molecule has 0 aliphatic rings. The number of H-pyrrole nitrogens is 1. The van der Waals surface area contributed by atoms with E-state index >= 15 is 0 Å². The number of nitrogens with one attached hydrogen (secondary N) is 1. The molecule has 0 aliphatic carbocycles. The molecule has 0 aliphatic heterocycles. The van der Waals surface area contributed by atoms with Crippen molar-refractivity contribution in [3.63, 3.8) is 0 Å². The van der Waals surface area contributed by atoms with Crippen LogP contribution in [0.15, 0.2) is 104 Å². The summed E-state index contributed by atoms with van der Waals surface area (Å²) in [5.41, 5.74) is 0.773. The van der Waals surface area contributed by atoms with Crippen LogP contribution in [0.4, 0.5) is 35.1 Å². The second-order valence-electron chi connectivity index (χ2n) is 9.54. The number of nitrogens with zero attached hydrogens (tertiary/aromatic N) is 5. The molecule has 0 fully saturated rings. The molecule has 10 nitrogen and oxygen atoms in total. The molecule has 0 unspecified atom stereocenters. The van der Waals surface area contributed by atoms with E-state index in [4.69, 9.17) is 0 Å². The van der Waals surface area contributed by atoms with E-state index in [1.807, 2.05) is 6.07 Å². The van der Waals surface area contributed by atoms with Crippen molar-refractivity contribution in [3.05, 3.63) is 140 Å². The number of rotatable bonds is 5. The van der Waals surface area contributed by atoms with Crippen molar-refractivity contribution >= 4 is 15.9 Å². The molecule has 0 radical (unpaired) electrons. The molecule has 1 N–H and O–H groups in total. The molecule has 6 rings (SSSR count). The number of pyridine rings is 2. The lowest BCUT2D eigenvalue weighted by Gasteiger charge is -2.06. The molecular weight excluding hydrogens is 752 g/mol. The number of aromatic nitrogens is 6. The first-order chi connectivity index (χ1) is 23.1. The second-order valence-corrected chi connectivity index (χ2v) is 10.1. The van der Waals surface area contributed by atoms with Gasteiger partial charge in [-0.2, -0.15) is 26.3 Å². The number of hydrogen-bond donors (Lipinski definition) is 1. The van der Waals surface area contributed by atoms with Crippen molar-refractivity contribution in [1.29, 1.82) is 0 Å². The van der Waals surface area contributed by atoms with Crippen LogP contribution in [0, 0.1) is 11.6 Å². The standard InChI is InChI=1S/C15H9F4N3O2.C8H4F3N3O2.C7H6BrF.CH4/c16-11-3-1-2-9(6-11)8-22-5-4-10(7-12(22)23)13-20-21-14(24-13)15(17,18)19;9-8(10,11)7-14-13-6(16-7)4-1-2-12-5(15)3-4;8-5-6-2-1-3-7(9)4-6;/h1-7H,8H2;1-3H,(H,12,15);1-4H,5H2;1H4. The zero-order valence-corrected chi connectivity index (χ0v) is 25.9. The van der Waals surface area contributed by atoms with E-state index in [0.717, 1.165) is 17.7 Å². The van der Waals surface area contributed by atoms with Gasteiger partial charge in [-0.3, -0.25) is 9.59 Å². The van der Waals surface area contributed by atoms with Crippen LogP contribution in [0.1, 0.15) is 30.3 Å². The average Bonchev–Trinajstić information content (AvgIpc) is 3.74. The number of hydrogen-bond acceptors (Lipinski definition) is 8. The van der Waals surface area contributed by atoms with Gasteiger partial charge in [0.2, 0.25) is 17.3 Å². The van der Waals surface area contributed by atoms with Crippen LogP contribution in [0.5, 0.6) is 0 Å². The molecule has 4 heterocycles. The van der Waals surface area contributed by atoms with Gasteiger partial charge in [-0.05, 0) is 47.5 Å². The van der Waals surface area contributed by atoms with Gasteiger partial charge in [-0.15, -0.1) is 20.4 Å². The summed E-state index contributed by atoms with van der Waals surface area (Å²) >= 11 is 3.22. The Morgan fingerprint density at radius 1 is 0.700 bits per heavy atom. The van der Waals surface area contributed by atoms with E-state index in [0.29, 0.717) is 10.9 Å². The Bertz CT molecular complexity index is 2130. The molecule has 0 saturated carbocycles. The quantitative estimate of drug-likeness (QED) is 0.138. The van der Waals surface area contributed by atoms with E-state index < -0.39 is 47.0 Å². The van der Waals surface area contributed by atoms with E-state index in [9.17, 15) is 44.7 Å². The zero-order valence-electron chi connectivity index (χ0n) is 24.3. The maximum Gasteiger partial charge on any atom is 0.470 e. The first-order valence-electron chi connectivity index (χ1n) is 13.4. The van der Waals surface area contributed by atoms with Crippen LogP contribution in [-0.2, 0) is 24.2 Å². The van der Waals surface area contributed by atoms with Crippen LogP contribution in [0.2, 0.25) is 0 Å². The molecule has 50 heavy (non-hydrogen) atoms. The highest BCUT2D eigenvalue weighted by Crippen LogP contribution is 2.31. The largest absolute Gasteiger partial charge is 0.470 e. The van der Waals surface area contributed by atoms with Crippen molar-refractivity contribution in [1.82, 2.24) is 29.9 Å². The highest BCUT2D eigenvalue weighted by atomic mass is 79.9.